The molecule has 0 atom stereocenters. The molecule has 1 aliphatic heterocycles. The molecular weight excluding hydrogens is 320 g/mol. The number of carbonyl (C=O) groups is 3. The van der Waals surface area contributed by atoms with Gasteiger partial charge in [0.2, 0.25) is 0 Å². The molecule has 1 aromatic rings. The number of likely N-dealkylation sites (tertiary alicyclic amines) is 1. The summed E-state index contributed by atoms with van der Waals surface area (Å²) < 4.78 is 5.02. The maximum Gasteiger partial charge on any atom is 0.313 e. The topological polar surface area (TPSA) is 75.7 Å². The predicted molar refractivity (Wildman–Crippen MR) is 95.2 cm³/mol. The lowest BCUT2D eigenvalue weighted by Crippen LogP contribution is -2.45. The molecule has 1 aliphatic rings. The molecule has 0 saturated carbocycles. The van der Waals surface area contributed by atoms with Crippen molar-refractivity contribution in [3.05, 3.63) is 28.8 Å². The van der Waals surface area contributed by atoms with Gasteiger partial charge >= 0.3 is 17.8 Å². The zero-order valence-corrected chi connectivity index (χ0v) is 15.3. The predicted octanol–water partition coefficient (Wildman–Crippen LogP) is 2.35. The van der Waals surface area contributed by atoms with Crippen LogP contribution in [0.25, 0.3) is 0 Å². The first kappa shape index (κ1) is 19.0. The summed E-state index contributed by atoms with van der Waals surface area (Å²) in [6.07, 6.45) is 1.06. The largest absolute Gasteiger partial charge is 0.466 e. The maximum atomic E-state index is 12.4. The second kappa shape index (κ2) is 8.14. The van der Waals surface area contributed by atoms with Crippen LogP contribution in [0.3, 0.4) is 0 Å². The number of hydrogen-bond acceptors (Lipinski definition) is 4. The minimum Gasteiger partial charge on any atom is -0.466 e. The first-order chi connectivity index (χ1) is 11.8. The SMILES string of the molecule is CCOC(=O)C1CCN(C(=O)C(=O)Nc2c(C)cc(C)cc2C)CC1. The van der Waals surface area contributed by atoms with Gasteiger partial charge in [-0.05, 0) is 51.7 Å². The van der Waals surface area contributed by atoms with E-state index in [0.29, 0.717) is 38.2 Å². The monoisotopic (exact) mass is 346 g/mol. The summed E-state index contributed by atoms with van der Waals surface area (Å²) in [5.41, 5.74) is 3.66. The molecule has 136 valence electrons. The zero-order chi connectivity index (χ0) is 18.6. The van der Waals surface area contributed by atoms with E-state index in [9.17, 15) is 14.4 Å². The van der Waals surface area contributed by atoms with Crippen LogP contribution in [0, 0.1) is 26.7 Å². The number of ether oxygens (including phenoxy) is 1. The molecule has 1 aromatic carbocycles. The van der Waals surface area contributed by atoms with E-state index in [1.807, 2.05) is 32.9 Å². The van der Waals surface area contributed by atoms with Crippen LogP contribution in [0.1, 0.15) is 36.5 Å². The van der Waals surface area contributed by atoms with Crippen LogP contribution < -0.4 is 5.32 Å². The molecule has 0 spiro atoms. The fourth-order valence-corrected chi connectivity index (χ4v) is 3.27. The third kappa shape index (κ3) is 4.59. The van der Waals surface area contributed by atoms with E-state index < -0.39 is 11.8 Å². The van der Waals surface area contributed by atoms with Crippen LogP contribution in [-0.4, -0.2) is 42.4 Å². The molecule has 0 aromatic heterocycles. The van der Waals surface area contributed by atoms with Gasteiger partial charge in [0.05, 0.1) is 12.5 Å². The summed E-state index contributed by atoms with van der Waals surface area (Å²) in [6, 6.07) is 3.94. The molecule has 1 N–H and O–H groups in total. The van der Waals surface area contributed by atoms with Crippen molar-refractivity contribution in [2.24, 2.45) is 5.92 Å². The van der Waals surface area contributed by atoms with Crippen molar-refractivity contribution in [1.82, 2.24) is 4.90 Å². The molecule has 6 heteroatoms. The van der Waals surface area contributed by atoms with Crippen molar-refractivity contribution in [2.45, 2.75) is 40.5 Å². The number of anilines is 1. The van der Waals surface area contributed by atoms with E-state index in [0.717, 1.165) is 16.7 Å². The van der Waals surface area contributed by atoms with Gasteiger partial charge < -0.3 is 15.0 Å². The number of esters is 1. The molecule has 1 heterocycles. The zero-order valence-electron chi connectivity index (χ0n) is 15.3. The summed E-state index contributed by atoms with van der Waals surface area (Å²) in [7, 11) is 0. The number of amides is 2. The Morgan fingerprint density at radius 2 is 1.68 bits per heavy atom. The van der Waals surface area contributed by atoms with Crippen molar-refractivity contribution in [2.75, 3.05) is 25.0 Å². The first-order valence-electron chi connectivity index (χ1n) is 8.68. The van der Waals surface area contributed by atoms with Gasteiger partial charge in [0.1, 0.15) is 0 Å². The lowest BCUT2D eigenvalue weighted by atomic mass is 9.97. The van der Waals surface area contributed by atoms with Crippen molar-refractivity contribution in [3.63, 3.8) is 0 Å². The minimum atomic E-state index is -0.635. The summed E-state index contributed by atoms with van der Waals surface area (Å²) in [6.45, 7) is 8.72. The maximum absolute atomic E-state index is 12.4. The lowest BCUT2D eigenvalue weighted by Gasteiger charge is -2.30. The Kier molecular flexibility index (Phi) is 6.17. The fraction of sp³-hybridized carbons (Fsp3) is 0.526. The highest BCUT2D eigenvalue weighted by Crippen LogP contribution is 2.23. The van der Waals surface area contributed by atoms with Crippen molar-refractivity contribution < 1.29 is 19.1 Å². The first-order valence-corrected chi connectivity index (χ1v) is 8.68. The third-order valence-electron chi connectivity index (χ3n) is 4.51. The van der Waals surface area contributed by atoms with Crippen molar-refractivity contribution in [1.29, 1.82) is 0 Å². The number of nitrogens with one attached hydrogen (secondary N) is 1. The third-order valence-corrected chi connectivity index (χ3v) is 4.51. The Labute approximate surface area is 148 Å². The van der Waals surface area contributed by atoms with Crippen LogP contribution in [0.2, 0.25) is 0 Å². The van der Waals surface area contributed by atoms with E-state index in [1.165, 1.54) is 4.90 Å². The summed E-state index contributed by atoms with van der Waals surface area (Å²) >= 11 is 0. The number of benzene rings is 1. The fourth-order valence-electron chi connectivity index (χ4n) is 3.27. The Balaban J connectivity index is 1.96. The van der Waals surface area contributed by atoms with Crippen molar-refractivity contribution in [3.8, 4) is 0 Å². The number of aryl methyl sites for hydroxylation is 3. The highest BCUT2D eigenvalue weighted by Gasteiger charge is 2.31. The number of hydrogen-bond donors (Lipinski definition) is 1. The molecule has 25 heavy (non-hydrogen) atoms. The van der Waals surface area contributed by atoms with Gasteiger partial charge in [-0.15, -0.1) is 0 Å². The van der Waals surface area contributed by atoms with Gasteiger partial charge in [-0.2, -0.15) is 0 Å². The van der Waals surface area contributed by atoms with Crippen LogP contribution in [-0.2, 0) is 19.1 Å². The molecule has 6 nitrogen and oxygen atoms in total. The normalized spacial score (nSPS) is 15.0. The van der Waals surface area contributed by atoms with Gasteiger partial charge in [0.25, 0.3) is 0 Å². The number of carbonyl (C=O) groups excluding carboxylic acids is 3. The standard InChI is InChI=1S/C19H26N2O4/c1-5-25-19(24)15-6-8-21(9-7-15)18(23)17(22)20-16-13(3)10-12(2)11-14(16)4/h10-11,15H,5-9H2,1-4H3,(H,20,22). The Bertz CT molecular complexity index is 653. The minimum absolute atomic E-state index is 0.186. The quantitative estimate of drug-likeness (QED) is 0.673. The molecule has 0 aliphatic carbocycles. The Morgan fingerprint density at radius 3 is 2.20 bits per heavy atom. The van der Waals surface area contributed by atoms with E-state index in [2.05, 4.69) is 5.32 Å². The van der Waals surface area contributed by atoms with E-state index in [4.69, 9.17) is 4.74 Å². The number of piperidine rings is 1. The Morgan fingerprint density at radius 1 is 1.12 bits per heavy atom. The second-order valence-electron chi connectivity index (χ2n) is 6.55. The molecule has 0 unspecified atom stereocenters. The summed E-state index contributed by atoms with van der Waals surface area (Å²) in [5, 5.41) is 2.74. The van der Waals surface area contributed by atoms with Crippen LogP contribution in [0.5, 0.6) is 0 Å². The highest BCUT2D eigenvalue weighted by atomic mass is 16.5. The van der Waals surface area contributed by atoms with Crippen LogP contribution in [0.15, 0.2) is 12.1 Å². The van der Waals surface area contributed by atoms with Crippen LogP contribution >= 0.6 is 0 Å². The van der Waals surface area contributed by atoms with Gasteiger partial charge in [-0.25, -0.2) is 0 Å². The molecular formula is C19H26N2O4. The number of nitrogens with zero attached hydrogens (tertiary/aromatic N) is 1. The summed E-state index contributed by atoms with van der Waals surface area (Å²) in [4.78, 5) is 38.0. The molecule has 1 saturated heterocycles. The van der Waals surface area contributed by atoms with Gasteiger partial charge in [0.15, 0.2) is 0 Å². The van der Waals surface area contributed by atoms with E-state index in [-0.39, 0.29) is 11.9 Å². The van der Waals surface area contributed by atoms with Gasteiger partial charge in [0, 0.05) is 18.8 Å². The average molecular weight is 346 g/mol. The van der Waals surface area contributed by atoms with Gasteiger partial charge in [-0.3, -0.25) is 14.4 Å². The highest BCUT2D eigenvalue weighted by molar-refractivity contribution is 6.39. The van der Waals surface area contributed by atoms with Crippen molar-refractivity contribution >= 4 is 23.5 Å². The molecule has 2 amide bonds. The molecule has 0 radical (unpaired) electrons. The second-order valence-corrected chi connectivity index (χ2v) is 6.55. The van der Waals surface area contributed by atoms with Gasteiger partial charge in [-0.1, -0.05) is 17.7 Å². The van der Waals surface area contributed by atoms with E-state index in [1.54, 1.807) is 6.92 Å². The molecule has 2 rings (SSSR count). The van der Waals surface area contributed by atoms with E-state index >= 15 is 0 Å². The smallest absolute Gasteiger partial charge is 0.313 e. The molecule has 1 fully saturated rings. The molecule has 0 bridgehead atoms. The average Bonchev–Trinajstić information content (AvgIpc) is 2.57. The van der Waals surface area contributed by atoms with Crippen LogP contribution in [0.4, 0.5) is 5.69 Å². The Hall–Kier alpha value is -2.37. The number of rotatable bonds is 3. The lowest BCUT2D eigenvalue weighted by molar-refractivity contribution is -0.152. The summed E-state index contributed by atoms with van der Waals surface area (Å²) in [5.74, 6) is -1.59.